The number of nitrogens with one attached hydrogen (secondary N) is 1. The Morgan fingerprint density at radius 1 is 1.38 bits per heavy atom. The summed E-state index contributed by atoms with van der Waals surface area (Å²) in [6, 6.07) is 1.45. The number of hydrogen-bond donors (Lipinski definition) is 1. The van der Waals surface area contributed by atoms with Gasteiger partial charge in [-0.05, 0) is 51.2 Å². The lowest BCUT2D eigenvalue weighted by molar-refractivity contribution is 0.202. The van der Waals surface area contributed by atoms with Gasteiger partial charge in [0.15, 0.2) is 0 Å². The summed E-state index contributed by atoms with van der Waals surface area (Å²) in [4.78, 5) is 2.65. The van der Waals surface area contributed by atoms with Crippen LogP contribution in [0.25, 0.3) is 0 Å². The van der Waals surface area contributed by atoms with E-state index in [0.29, 0.717) is 11.5 Å². The van der Waals surface area contributed by atoms with E-state index in [1.807, 2.05) is 0 Å². The molecule has 2 nitrogen and oxygen atoms in total. The van der Waals surface area contributed by atoms with Gasteiger partial charge in [0.25, 0.3) is 0 Å². The van der Waals surface area contributed by atoms with Crippen molar-refractivity contribution in [3.8, 4) is 0 Å². The number of rotatable bonds is 5. The van der Waals surface area contributed by atoms with Crippen molar-refractivity contribution >= 4 is 0 Å². The molecule has 2 atom stereocenters. The van der Waals surface area contributed by atoms with Crippen molar-refractivity contribution in [3.05, 3.63) is 0 Å². The Labute approximate surface area is 102 Å². The lowest BCUT2D eigenvalue weighted by Gasteiger charge is -2.33. The minimum atomic E-state index is 0.374. The van der Waals surface area contributed by atoms with E-state index in [1.165, 1.54) is 32.4 Å². The van der Waals surface area contributed by atoms with Crippen LogP contribution in [-0.4, -0.2) is 36.6 Å². The van der Waals surface area contributed by atoms with Crippen LogP contribution in [0.1, 0.15) is 53.9 Å². The van der Waals surface area contributed by atoms with E-state index in [2.05, 4.69) is 44.8 Å². The van der Waals surface area contributed by atoms with Gasteiger partial charge in [0.1, 0.15) is 0 Å². The molecule has 1 rings (SSSR count). The molecule has 16 heavy (non-hydrogen) atoms. The zero-order valence-corrected chi connectivity index (χ0v) is 11.8. The molecule has 0 saturated carbocycles. The Kier molecular flexibility index (Phi) is 5.26. The lowest BCUT2D eigenvalue weighted by atomic mass is 9.84. The summed E-state index contributed by atoms with van der Waals surface area (Å²) < 4.78 is 0. The maximum Gasteiger partial charge on any atom is 0.0128 e. The van der Waals surface area contributed by atoms with Gasteiger partial charge in [0.05, 0.1) is 0 Å². The zero-order chi connectivity index (χ0) is 12.2. The Morgan fingerprint density at radius 3 is 2.50 bits per heavy atom. The van der Waals surface area contributed by atoms with Crippen LogP contribution in [0.4, 0.5) is 0 Å². The molecule has 96 valence electrons. The normalized spacial score (nSPS) is 24.9. The quantitative estimate of drug-likeness (QED) is 0.775. The van der Waals surface area contributed by atoms with Crippen LogP contribution in [0.5, 0.6) is 0 Å². The highest BCUT2D eigenvalue weighted by atomic mass is 15.2. The standard InChI is InChI=1S/C14H30N2/c1-6-15-13(14(3,4)5)9-11-16-10-7-8-12(16)2/h12-13,15H,6-11H2,1-5H3. The second-order valence-corrected chi connectivity index (χ2v) is 6.29. The average Bonchev–Trinajstić information content (AvgIpc) is 2.57. The summed E-state index contributed by atoms with van der Waals surface area (Å²) in [5, 5.41) is 3.63. The van der Waals surface area contributed by atoms with Gasteiger partial charge >= 0.3 is 0 Å². The van der Waals surface area contributed by atoms with Crippen molar-refractivity contribution < 1.29 is 0 Å². The molecule has 1 heterocycles. The van der Waals surface area contributed by atoms with E-state index in [0.717, 1.165) is 12.6 Å². The Balaban J connectivity index is 2.37. The van der Waals surface area contributed by atoms with E-state index in [4.69, 9.17) is 0 Å². The van der Waals surface area contributed by atoms with Crippen LogP contribution in [0, 0.1) is 5.41 Å². The van der Waals surface area contributed by atoms with Gasteiger partial charge in [0.2, 0.25) is 0 Å². The lowest BCUT2D eigenvalue weighted by Crippen LogP contribution is -2.43. The molecule has 0 amide bonds. The van der Waals surface area contributed by atoms with Gasteiger partial charge in [-0.2, -0.15) is 0 Å². The van der Waals surface area contributed by atoms with Crippen molar-refractivity contribution in [2.24, 2.45) is 5.41 Å². The van der Waals surface area contributed by atoms with Crippen molar-refractivity contribution in [2.45, 2.75) is 66.0 Å². The van der Waals surface area contributed by atoms with Crippen molar-refractivity contribution in [1.29, 1.82) is 0 Å². The first-order valence-corrected chi connectivity index (χ1v) is 6.92. The molecule has 1 aliphatic heterocycles. The molecule has 0 radical (unpaired) electrons. The van der Waals surface area contributed by atoms with E-state index in [1.54, 1.807) is 0 Å². The van der Waals surface area contributed by atoms with Crippen LogP contribution in [0.15, 0.2) is 0 Å². The molecule has 0 aliphatic carbocycles. The smallest absolute Gasteiger partial charge is 0.0128 e. The molecule has 2 unspecified atom stereocenters. The molecule has 1 aliphatic rings. The minimum absolute atomic E-state index is 0.374. The Bertz CT molecular complexity index is 195. The third-order valence-electron chi connectivity index (χ3n) is 3.89. The fourth-order valence-corrected chi connectivity index (χ4v) is 2.71. The van der Waals surface area contributed by atoms with Crippen LogP contribution in [0.3, 0.4) is 0 Å². The molecule has 2 heteroatoms. The first-order valence-electron chi connectivity index (χ1n) is 6.92. The monoisotopic (exact) mass is 226 g/mol. The maximum absolute atomic E-state index is 3.63. The third-order valence-corrected chi connectivity index (χ3v) is 3.89. The second kappa shape index (κ2) is 6.02. The molecular formula is C14H30N2. The highest BCUT2D eigenvalue weighted by molar-refractivity contribution is 4.83. The molecule has 1 saturated heterocycles. The summed E-state index contributed by atoms with van der Waals surface area (Å²) in [5.74, 6) is 0. The Morgan fingerprint density at radius 2 is 2.06 bits per heavy atom. The molecule has 1 N–H and O–H groups in total. The number of nitrogens with zero attached hydrogens (tertiary/aromatic N) is 1. The van der Waals surface area contributed by atoms with Crippen LogP contribution >= 0.6 is 0 Å². The molecule has 1 fully saturated rings. The molecule has 0 aromatic rings. The van der Waals surface area contributed by atoms with Crippen molar-refractivity contribution in [1.82, 2.24) is 10.2 Å². The van der Waals surface area contributed by atoms with Crippen molar-refractivity contribution in [2.75, 3.05) is 19.6 Å². The average molecular weight is 226 g/mol. The second-order valence-electron chi connectivity index (χ2n) is 6.29. The number of hydrogen-bond acceptors (Lipinski definition) is 2. The summed E-state index contributed by atoms with van der Waals surface area (Å²) in [6.07, 6.45) is 4.06. The molecule has 0 spiro atoms. The SMILES string of the molecule is CCNC(CCN1CCCC1C)C(C)(C)C. The van der Waals surface area contributed by atoms with Crippen LogP contribution < -0.4 is 5.32 Å². The van der Waals surface area contributed by atoms with Gasteiger partial charge in [-0.1, -0.05) is 27.7 Å². The van der Waals surface area contributed by atoms with Gasteiger partial charge in [-0.3, -0.25) is 0 Å². The topological polar surface area (TPSA) is 15.3 Å². The summed E-state index contributed by atoms with van der Waals surface area (Å²) >= 11 is 0. The fourth-order valence-electron chi connectivity index (χ4n) is 2.71. The first-order chi connectivity index (χ1) is 7.45. The molecule has 0 bridgehead atoms. The van der Waals surface area contributed by atoms with Crippen LogP contribution in [0.2, 0.25) is 0 Å². The van der Waals surface area contributed by atoms with E-state index < -0.39 is 0 Å². The van der Waals surface area contributed by atoms with Gasteiger partial charge in [-0.15, -0.1) is 0 Å². The summed E-state index contributed by atoms with van der Waals surface area (Å²) in [5.41, 5.74) is 0.374. The molecule has 0 aromatic heterocycles. The predicted molar refractivity (Wildman–Crippen MR) is 71.8 cm³/mol. The van der Waals surface area contributed by atoms with Crippen LogP contribution in [-0.2, 0) is 0 Å². The van der Waals surface area contributed by atoms with Gasteiger partial charge < -0.3 is 10.2 Å². The largest absolute Gasteiger partial charge is 0.314 e. The summed E-state index contributed by atoms with van der Waals surface area (Å²) in [6.45, 7) is 15.2. The molecule has 0 aromatic carbocycles. The van der Waals surface area contributed by atoms with E-state index >= 15 is 0 Å². The van der Waals surface area contributed by atoms with E-state index in [-0.39, 0.29) is 0 Å². The van der Waals surface area contributed by atoms with Gasteiger partial charge in [0, 0.05) is 12.1 Å². The number of likely N-dealkylation sites (tertiary alicyclic amines) is 1. The first kappa shape index (κ1) is 14.0. The zero-order valence-electron chi connectivity index (χ0n) is 11.8. The summed E-state index contributed by atoms with van der Waals surface area (Å²) in [7, 11) is 0. The fraction of sp³-hybridized carbons (Fsp3) is 1.00. The molecular weight excluding hydrogens is 196 g/mol. The Hall–Kier alpha value is -0.0800. The predicted octanol–water partition coefficient (Wildman–Crippen LogP) is 2.89. The third kappa shape index (κ3) is 4.06. The highest BCUT2D eigenvalue weighted by Crippen LogP contribution is 2.24. The highest BCUT2D eigenvalue weighted by Gasteiger charge is 2.26. The van der Waals surface area contributed by atoms with Crippen molar-refractivity contribution in [3.63, 3.8) is 0 Å². The van der Waals surface area contributed by atoms with E-state index in [9.17, 15) is 0 Å². The minimum Gasteiger partial charge on any atom is -0.314 e. The van der Waals surface area contributed by atoms with Gasteiger partial charge in [-0.25, -0.2) is 0 Å². The maximum atomic E-state index is 3.63.